The molecule has 0 unspecified atom stereocenters. The summed E-state index contributed by atoms with van der Waals surface area (Å²) in [6.07, 6.45) is 2.91. The van der Waals surface area contributed by atoms with Gasteiger partial charge in [-0.2, -0.15) is 0 Å². The Bertz CT molecular complexity index is 907. The zero-order chi connectivity index (χ0) is 20.5. The van der Waals surface area contributed by atoms with Crippen molar-refractivity contribution in [2.75, 3.05) is 6.61 Å². The highest BCUT2D eigenvalue weighted by atomic mass is 79.9. The molecule has 2 aromatic rings. The van der Waals surface area contributed by atoms with E-state index in [9.17, 15) is 9.59 Å². The number of benzene rings is 2. The molecule has 146 valence electrons. The van der Waals surface area contributed by atoms with Crippen molar-refractivity contribution in [3.8, 4) is 5.75 Å². The second kappa shape index (κ2) is 11.0. The minimum absolute atomic E-state index is 0.0632. The van der Waals surface area contributed by atoms with Crippen molar-refractivity contribution in [1.82, 2.24) is 16.2 Å². The number of hydrogen-bond donors (Lipinski definition) is 3. The van der Waals surface area contributed by atoms with Gasteiger partial charge < -0.3 is 4.74 Å². The Kier molecular flexibility index (Phi) is 8.72. The molecule has 0 atom stereocenters. The maximum atomic E-state index is 11.8. The van der Waals surface area contributed by atoms with E-state index >= 15 is 0 Å². The number of ether oxygens (including phenoxy) is 1. The fourth-order valence-electron chi connectivity index (χ4n) is 1.83. The number of hydrazine groups is 1. The minimum atomic E-state index is -0.491. The number of rotatable bonds is 5. The molecule has 0 heterocycles. The van der Waals surface area contributed by atoms with Crippen LogP contribution in [0.2, 0.25) is 10.0 Å². The van der Waals surface area contributed by atoms with Crippen molar-refractivity contribution in [3.63, 3.8) is 0 Å². The number of halogens is 3. The van der Waals surface area contributed by atoms with Crippen LogP contribution >= 0.6 is 51.3 Å². The van der Waals surface area contributed by atoms with E-state index < -0.39 is 11.8 Å². The zero-order valence-corrected chi connectivity index (χ0v) is 18.1. The Labute approximate surface area is 185 Å². The van der Waals surface area contributed by atoms with E-state index in [1.807, 2.05) is 0 Å². The van der Waals surface area contributed by atoms with Crippen molar-refractivity contribution in [2.45, 2.75) is 0 Å². The van der Waals surface area contributed by atoms with Gasteiger partial charge in [-0.05, 0) is 70.1 Å². The third-order valence-corrected chi connectivity index (χ3v) is 4.41. The molecule has 0 aliphatic heterocycles. The molecule has 0 saturated heterocycles. The van der Waals surface area contributed by atoms with Crippen LogP contribution in [0.25, 0.3) is 6.08 Å². The lowest BCUT2D eigenvalue weighted by Crippen LogP contribution is -2.49. The summed E-state index contributed by atoms with van der Waals surface area (Å²) in [7, 11) is 0. The SMILES string of the molecule is O=C(/C=C/c1ccc(Cl)cc1)NC(=S)NNC(=O)COc1ccc(Cl)cc1Br. The summed E-state index contributed by atoms with van der Waals surface area (Å²) in [6.45, 7) is -0.264. The Morgan fingerprint density at radius 2 is 1.75 bits per heavy atom. The van der Waals surface area contributed by atoms with Crippen LogP contribution in [0.5, 0.6) is 5.75 Å². The lowest BCUT2D eigenvalue weighted by atomic mass is 10.2. The molecule has 3 N–H and O–H groups in total. The number of hydrogen-bond acceptors (Lipinski definition) is 4. The van der Waals surface area contributed by atoms with Gasteiger partial charge in [0.1, 0.15) is 5.75 Å². The molecule has 0 saturated carbocycles. The molecule has 0 aliphatic carbocycles. The molecule has 10 heteroatoms. The van der Waals surface area contributed by atoms with Gasteiger partial charge in [-0.1, -0.05) is 35.3 Å². The van der Waals surface area contributed by atoms with E-state index in [-0.39, 0.29) is 11.7 Å². The first kappa shape index (κ1) is 22.2. The van der Waals surface area contributed by atoms with E-state index in [1.165, 1.54) is 6.08 Å². The van der Waals surface area contributed by atoms with E-state index in [0.717, 1.165) is 5.56 Å². The first-order valence-corrected chi connectivity index (χ1v) is 9.70. The van der Waals surface area contributed by atoms with Crippen molar-refractivity contribution in [1.29, 1.82) is 0 Å². The van der Waals surface area contributed by atoms with E-state index in [4.69, 9.17) is 40.2 Å². The van der Waals surface area contributed by atoms with Crippen LogP contribution in [0.15, 0.2) is 53.0 Å². The molecule has 6 nitrogen and oxygen atoms in total. The summed E-state index contributed by atoms with van der Waals surface area (Å²) in [5, 5.41) is 3.48. The van der Waals surface area contributed by atoms with Crippen LogP contribution in [0.1, 0.15) is 5.56 Å². The monoisotopic (exact) mass is 501 g/mol. The Hall–Kier alpha value is -2.13. The van der Waals surface area contributed by atoms with Gasteiger partial charge in [-0.25, -0.2) is 0 Å². The number of carbonyl (C=O) groups excluding carboxylic acids is 2. The van der Waals surface area contributed by atoms with Crippen LogP contribution in [-0.4, -0.2) is 23.5 Å². The summed E-state index contributed by atoms with van der Waals surface area (Å²) in [6, 6.07) is 11.9. The topological polar surface area (TPSA) is 79.5 Å². The van der Waals surface area contributed by atoms with Gasteiger partial charge in [0.15, 0.2) is 11.7 Å². The molecular weight excluding hydrogens is 489 g/mol. The second-order valence-electron chi connectivity index (χ2n) is 5.24. The maximum absolute atomic E-state index is 11.8. The van der Waals surface area contributed by atoms with Crippen molar-refractivity contribution >= 4 is 74.4 Å². The van der Waals surface area contributed by atoms with Crippen LogP contribution in [0, 0.1) is 0 Å². The maximum Gasteiger partial charge on any atom is 0.276 e. The minimum Gasteiger partial charge on any atom is -0.483 e. The van der Waals surface area contributed by atoms with E-state index in [1.54, 1.807) is 48.5 Å². The van der Waals surface area contributed by atoms with Gasteiger partial charge in [0.05, 0.1) is 4.47 Å². The first-order valence-electron chi connectivity index (χ1n) is 7.75. The molecular formula is C18H14BrCl2N3O3S. The smallest absolute Gasteiger partial charge is 0.276 e. The summed E-state index contributed by atoms with van der Waals surface area (Å²) < 4.78 is 5.98. The zero-order valence-electron chi connectivity index (χ0n) is 14.2. The predicted octanol–water partition coefficient (Wildman–Crippen LogP) is 3.87. The number of thiocarbonyl (C=S) groups is 1. The number of carbonyl (C=O) groups is 2. The van der Waals surface area contributed by atoms with Gasteiger partial charge in [-0.3, -0.25) is 25.8 Å². The largest absolute Gasteiger partial charge is 0.483 e. The molecule has 0 aromatic heterocycles. The van der Waals surface area contributed by atoms with Gasteiger partial charge in [0, 0.05) is 16.1 Å². The highest BCUT2D eigenvalue weighted by Crippen LogP contribution is 2.27. The number of amides is 2. The lowest BCUT2D eigenvalue weighted by molar-refractivity contribution is -0.123. The third kappa shape index (κ3) is 7.85. The standard InChI is InChI=1S/C18H14BrCl2N3O3S/c19-14-9-13(21)6-7-15(14)27-10-17(26)23-24-18(28)22-16(25)8-3-11-1-4-12(20)5-2-11/h1-9H,10H2,(H,23,26)(H2,22,24,25,28)/b8-3+. The highest BCUT2D eigenvalue weighted by Gasteiger charge is 2.07. The Balaban J connectivity index is 1.71. The summed E-state index contributed by atoms with van der Waals surface area (Å²) in [5.41, 5.74) is 5.54. The summed E-state index contributed by atoms with van der Waals surface area (Å²) in [5.74, 6) is -0.485. The predicted molar refractivity (Wildman–Crippen MR) is 117 cm³/mol. The third-order valence-electron chi connectivity index (χ3n) is 3.10. The first-order chi connectivity index (χ1) is 13.3. The molecule has 0 fully saturated rings. The van der Waals surface area contributed by atoms with Crippen LogP contribution in [-0.2, 0) is 9.59 Å². The number of nitrogens with one attached hydrogen (secondary N) is 3. The Morgan fingerprint density at radius 1 is 1.07 bits per heavy atom. The van der Waals surface area contributed by atoms with Crippen LogP contribution in [0.4, 0.5) is 0 Å². The highest BCUT2D eigenvalue weighted by molar-refractivity contribution is 9.10. The average molecular weight is 503 g/mol. The fraction of sp³-hybridized carbons (Fsp3) is 0.0556. The van der Waals surface area contributed by atoms with Gasteiger partial charge in [-0.15, -0.1) is 0 Å². The van der Waals surface area contributed by atoms with Crippen molar-refractivity contribution in [2.24, 2.45) is 0 Å². The van der Waals surface area contributed by atoms with Crippen molar-refractivity contribution in [3.05, 3.63) is 68.6 Å². The lowest BCUT2D eigenvalue weighted by Gasteiger charge is -2.11. The molecule has 0 spiro atoms. The van der Waals surface area contributed by atoms with Gasteiger partial charge >= 0.3 is 0 Å². The normalized spacial score (nSPS) is 10.4. The van der Waals surface area contributed by atoms with Crippen LogP contribution in [0.3, 0.4) is 0 Å². The summed E-state index contributed by atoms with van der Waals surface area (Å²) in [4.78, 5) is 23.6. The molecule has 2 aromatic carbocycles. The summed E-state index contributed by atoms with van der Waals surface area (Å²) >= 11 is 19.9. The molecule has 2 amide bonds. The molecule has 0 bridgehead atoms. The molecule has 0 aliphatic rings. The van der Waals surface area contributed by atoms with Crippen molar-refractivity contribution < 1.29 is 14.3 Å². The van der Waals surface area contributed by atoms with E-state index in [2.05, 4.69) is 32.1 Å². The average Bonchev–Trinajstić information content (AvgIpc) is 2.65. The molecule has 0 radical (unpaired) electrons. The van der Waals surface area contributed by atoms with E-state index in [0.29, 0.717) is 20.3 Å². The molecule has 28 heavy (non-hydrogen) atoms. The Morgan fingerprint density at radius 3 is 2.43 bits per heavy atom. The van der Waals surface area contributed by atoms with Gasteiger partial charge in [0.2, 0.25) is 5.91 Å². The second-order valence-corrected chi connectivity index (χ2v) is 7.38. The quantitative estimate of drug-likeness (QED) is 0.328. The molecule has 2 rings (SSSR count). The fourth-order valence-corrected chi connectivity index (χ4v) is 2.90. The van der Waals surface area contributed by atoms with Gasteiger partial charge in [0.25, 0.3) is 5.91 Å². The van der Waals surface area contributed by atoms with Crippen LogP contribution < -0.4 is 20.9 Å².